The maximum Gasteiger partial charge on any atom is 0.416 e. The lowest BCUT2D eigenvalue weighted by atomic mass is 10.1. The van der Waals surface area contributed by atoms with Gasteiger partial charge in [-0.2, -0.15) is 13.2 Å². The number of hydrogen-bond donors (Lipinski definition) is 2. The fourth-order valence-corrected chi connectivity index (χ4v) is 4.14. The summed E-state index contributed by atoms with van der Waals surface area (Å²) in [6.07, 6.45) is -4.30. The summed E-state index contributed by atoms with van der Waals surface area (Å²) < 4.78 is 45.3. The van der Waals surface area contributed by atoms with Gasteiger partial charge < -0.3 is 15.6 Å². The van der Waals surface area contributed by atoms with E-state index in [9.17, 15) is 18.0 Å². The van der Waals surface area contributed by atoms with Crippen LogP contribution in [0, 0.1) is 7.14 Å². The molecule has 4 nitrogen and oxygen atoms in total. The molecule has 25 heavy (non-hydrogen) atoms. The van der Waals surface area contributed by atoms with Crippen molar-refractivity contribution in [3.8, 4) is 11.5 Å². The number of aliphatic carboxylic acids is 1. The predicted octanol–water partition coefficient (Wildman–Crippen LogP) is 4.66. The molecule has 134 valence electrons. The van der Waals surface area contributed by atoms with Crippen LogP contribution in [-0.2, 0) is 17.4 Å². The Bertz CT molecular complexity index is 773. The summed E-state index contributed by atoms with van der Waals surface area (Å²) in [5.41, 5.74) is 5.44. The third kappa shape index (κ3) is 5.45. The van der Waals surface area contributed by atoms with E-state index in [1.54, 1.807) is 12.1 Å². The van der Waals surface area contributed by atoms with Gasteiger partial charge in [0, 0.05) is 0 Å². The van der Waals surface area contributed by atoms with Crippen LogP contribution in [0.5, 0.6) is 11.5 Å². The number of benzene rings is 2. The fourth-order valence-electron chi connectivity index (χ4n) is 2.02. The Kier molecular flexibility index (Phi) is 6.54. The topological polar surface area (TPSA) is 72.5 Å². The van der Waals surface area contributed by atoms with Crippen molar-refractivity contribution < 1.29 is 27.8 Å². The van der Waals surface area contributed by atoms with Crippen LogP contribution in [0.3, 0.4) is 0 Å². The van der Waals surface area contributed by atoms with Crippen molar-refractivity contribution in [3.63, 3.8) is 0 Å². The van der Waals surface area contributed by atoms with Crippen LogP contribution in [0.25, 0.3) is 0 Å². The summed E-state index contributed by atoms with van der Waals surface area (Å²) in [5, 5.41) is 8.88. The molecule has 2 rings (SSSR count). The second kappa shape index (κ2) is 8.08. The lowest BCUT2D eigenvalue weighted by Crippen LogP contribution is -2.32. The summed E-state index contributed by atoms with van der Waals surface area (Å²) in [4.78, 5) is 10.8. The van der Waals surface area contributed by atoms with Crippen LogP contribution in [0.15, 0.2) is 36.4 Å². The summed E-state index contributed by atoms with van der Waals surface area (Å²) in [6.45, 7) is 0. The number of carbonyl (C=O) groups is 1. The standard InChI is InChI=1S/C16H12F3I2NO3/c17-16(18,19)9-2-1-3-10(7-9)25-14-11(20)4-8(5-12(14)21)6-13(22)15(23)24/h1-5,7,13H,6,22H2,(H,23,24)/t13-/m0/s1. The van der Waals surface area contributed by atoms with Crippen LogP contribution in [0.4, 0.5) is 13.2 Å². The molecule has 0 saturated carbocycles. The van der Waals surface area contributed by atoms with E-state index in [1.807, 2.05) is 45.2 Å². The highest BCUT2D eigenvalue weighted by Gasteiger charge is 2.30. The number of hydrogen-bond acceptors (Lipinski definition) is 3. The average Bonchev–Trinajstić information content (AvgIpc) is 2.50. The second-order valence-corrected chi connectivity index (χ2v) is 7.49. The van der Waals surface area contributed by atoms with Gasteiger partial charge in [-0.25, -0.2) is 0 Å². The van der Waals surface area contributed by atoms with Crippen molar-refractivity contribution in [2.45, 2.75) is 18.6 Å². The Morgan fingerprint density at radius 1 is 1.20 bits per heavy atom. The van der Waals surface area contributed by atoms with Crippen LogP contribution >= 0.6 is 45.2 Å². The molecule has 0 aliphatic heterocycles. The zero-order valence-electron chi connectivity index (χ0n) is 12.5. The number of carboxylic acids is 1. The Labute approximate surface area is 168 Å². The Hall–Kier alpha value is -1.08. The normalized spacial score (nSPS) is 12.7. The first kappa shape index (κ1) is 20.2. The van der Waals surface area contributed by atoms with Crippen LogP contribution in [-0.4, -0.2) is 17.1 Å². The number of alkyl halides is 3. The van der Waals surface area contributed by atoms with Gasteiger partial charge in [0.2, 0.25) is 0 Å². The van der Waals surface area contributed by atoms with Crippen molar-refractivity contribution >= 4 is 51.2 Å². The van der Waals surface area contributed by atoms with Gasteiger partial charge in [-0.3, -0.25) is 4.79 Å². The van der Waals surface area contributed by atoms with Crippen molar-refractivity contribution in [1.82, 2.24) is 0 Å². The molecule has 0 amide bonds. The van der Waals surface area contributed by atoms with Gasteiger partial charge in [-0.15, -0.1) is 0 Å². The van der Waals surface area contributed by atoms with Crippen LogP contribution < -0.4 is 10.5 Å². The first-order valence-electron chi connectivity index (χ1n) is 6.89. The lowest BCUT2D eigenvalue weighted by molar-refractivity contribution is -0.139. The highest BCUT2D eigenvalue weighted by molar-refractivity contribution is 14.1. The second-order valence-electron chi connectivity index (χ2n) is 5.17. The first-order valence-corrected chi connectivity index (χ1v) is 9.05. The van der Waals surface area contributed by atoms with Gasteiger partial charge >= 0.3 is 12.1 Å². The van der Waals surface area contributed by atoms with Gasteiger partial charge in [0.1, 0.15) is 11.8 Å². The van der Waals surface area contributed by atoms with E-state index in [-0.39, 0.29) is 12.2 Å². The number of nitrogens with two attached hydrogens (primary N) is 1. The molecule has 0 aromatic heterocycles. The first-order chi connectivity index (χ1) is 11.6. The molecule has 0 aliphatic carbocycles. The third-order valence-electron chi connectivity index (χ3n) is 3.21. The molecule has 0 radical (unpaired) electrons. The largest absolute Gasteiger partial charge is 0.480 e. The number of rotatable bonds is 5. The fraction of sp³-hybridized carbons (Fsp3) is 0.188. The summed E-state index contributed by atoms with van der Waals surface area (Å²) in [6, 6.07) is 7.00. The molecule has 2 aromatic rings. The summed E-state index contributed by atoms with van der Waals surface area (Å²) in [5.74, 6) is -0.622. The molecule has 0 fully saturated rings. The van der Waals surface area contributed by atoms with E-state index in [0.717, 1.165) is 12.1 Å². The smallest absolute Gasteiger partial charge is 0.416 e. The molecule has 0 heterocycles. The van der Waals surface area contributed by atoms with E-state index >= 15 is 0 Å². The molecule has 1 atom stereocenters. The van der Waals surface area contributed by atoms with Gasteiger partial charge in [-0.1, -0.05) is 6.07 Å². The number of carboxylic acid groups (broad SMARTS) is 1. The highest BCUT2D eigenvalue weighted by atomic mass is 127. The van der Waals surface area contributed by atoms with Crippen molar-refractivity contribution in [1.29, 1.82) is 0 Å². The van der Waals surface area contributed by atoms with E-state index in [1.165, 1.54) is 12.1 Å². The van der Waals surface area contributed by atoms with Crippen molar-refractivity contribution in [2.75, 3.05) is 0 Å². The van der Waals surface area contributed by atoms with Gasteiger partial charge in [-0.05, 0) is 87.5 Å². The minimum atomic E-state index is -4.45. The monoisotopic (exact) mass is 577 g/mol. The molecular weight excluding hydrogens is 565 g/mol. The molecule has 0 saturated heterocycles. The Morgan fingerprint density at radius 3 is 2.32 bits per heavy atom. The molecule has 0 spiro atoms. The molecule has 9 heteroatoms. The van der Waals surface area contributed by atoms with Crippen molar-refractivity contribution in [3.05, 3.63) is 54.7 Å². The SMILES string of the molecule is N[C@@H](Cc1cc(I)c(Oc2cccc(C(F)(F)F)c2)c(I)c1)C(=O)O. The molecular formula is C16H12F3I2NO3. The molecule has 2 aromatic carbocycles. The minimum Gasteiger partial charge on any atom is -0.480 e. The van der Waals surface area contributed by atoms with E-state index in [0.29, 0.717) is 18.5 Å². The van der Waals surface area contributed by atoms with Crippen molar-refractivity contribution in [2.24, 2.45) is 5.73 Å². The maximum absolute atomic E-state index is 12.8. The molecule has 0 aliphatic rings. The summed E-state index contributed by atoms with van der Waals surface area (Å²) in [7, 11) is 0. The van der Waals surface area contributed by atoms with Crippen LogP contribution in [0.1, 0.15) is 11.1 Å². The maximum atomic E-state index is 12.8. The highest BCUT2D eigenvalue weighted by Crippen LogP contribution is 2.36. The number of ether oxygens (including phenoxy) is 1. The molecule has 0 bridgehead atoms. The zero-order chi connectivity index (χ0) is 18.8. The van der Waals surface area contributed by atoms with Crippen LogP contribution in [0.2, 0.25) is 0 Å². The van der Waals surface area contributed by atoms with E-state index in [4.69, 9.17) is 15.6 Å². The third-order valence-corrected chi connectivity index (χ3v) is 4.81. The molecule has 3 N–H and O–H groups in total. The zero-order valence-corrected chi connectivity index (χ0v) is 16.8. The number of halogens is 5. The quantitative estimate of drug-likeness (QED) is 0.508. The Morgan fingerprint density at radius 2 is 1.80 bits per heavy atom. The molecule has 0 unspecified atom stereocenters. The van der Waals surface area contributed by atoms with Gasteiger partial charge in [0.15, 0.2) is 5.75 Å². The summed E-state index contributed by atoms with van der Waals surface area (Å²) >= 11 is 3.97. The minimum absolute atomic E-state index is 0.0700. The predicted molar refractivity (Wildman–Crippen MR) is 103 cm³/mol. The average molecular weight is 577 g/mol. The van der Waals surface area contributed by atoms with E-state index in [2.05, 4.69) is 0 Å². The Balaban J connectivity index is 2.28. The van der Waals surface area contributed by atoms with E-state index < -0.39 is 23.8 Å². The lowest BCUT2D eigenvalue weighted by Gasteiger charge is -2.14. The van der Waals surface area contributed by atoms with Gasteiger partial charge in [0.05, 0.1) is 12.7 Å². The van der Waals surface area contributed by atoms with Gasteiger partial charge in [0.25, 0.3) is 0 Å².